The Balaban J connectivity index is 2.13. The first-order chi connectivity index (χ1) is 10.7. The quantitative estimate of drug-likeness (QED) is 0.681. The van der Waals surface area contributed by atoms with Crippen LogP contribution in [0, 0.1) is 18.4 Å². The zero-order chi connectivity index (χ0) is 15.5. The van der Waals surface area contributed by atoms with E-state index in [4.69, 9.17) is 4.99 Å². The third kappa shape index (κ3) is 2.37. The second-order valence-corrected chi connectivity index (χ2v) is 4.94. The van der Waals surface area contributed by atoms with Crippen molar-refractivity contribution in [3.8, 4) is 6.19 Å². The van der Waals surface area contributed by atoms with Gasteiger partial charge in [0.2, 0.25) is 0 Å². The zero-order valence-corrected chi connectivity index (χ0v) is 12.5. The van der Waals surface area contributed by atoms with Gasteiger partial charge in [-0.2, -0.15) is 10.4 Å². The van der Waals surface area contributed by atoms with Crippen molar-refractivity contribution in [3.05, 3.63) is 47.3 Å². The van der Waals surface area contributed by atoms with E-state index >= 15 is 0 Å². The Morgan fingerprint density at radius 3 is 2.77 bits per heavy atom. The first kappa shape index (κ1) is 14.0. The van der Waals surface area contributed by atoms with Gasteiger partial charge in [0.15, 0.2) is 12.0 Å². The number of hydrogen-bond acceptors (Lipinski definition) is 5. The van der Waals surface area contributed by atoms with Gasteiger partial charge in [0.25, 0.3) is 0 Å². The smallest absolute Gasteiger partial charge is 0.185 e. The van der Waals surface area contributed by atoms with E-state index in [2.05, 4.69) is 21.4 Å². The maximum atomic E-state index is 9.31. The number of fused-ring (bicyclic) bond motifs is 1. The van der Waals surface area contributed by atoms with E-state index in [1.54, 1.807) is 4.90 Å². The molecular formula is C16H16N6. The zero-order valence-electron chi connectivity index (χ0n) is 12.5. The fraction of sp³-hybridized carbons (Fsp3) is 0.250. The fourth-order valence-electron chi connectivity index (χ4n) is 2.39. The molecule has 2 heterocycles. The minimum Gasteiger partial charge on any atom is -0.272 e. The predicted octanol–water partition coefficient (Wildman–Crippen LogP) is 2.40. The average molecular weight is 292 g/mol. The number of H-pyrrole nitrogens is 1. The Kier molecular flexibility index (Phi) is 3.71. The minimum absolute atomic E-state index is 0.430. The van der Waals surface area contributed by atoms with Gasteiger partial charge in [0, 0.05) is 6.54 Å². The number of aliphatic imine (C=N–C) groups is 2. The SMILES string of the molecule is CCN(C#N)C1=NCC(c2ccccc2)=Nc2c(C)n[nH]c21. The number of amidine groups is 1. The van der Waals surface area contributed by atoms with Crippen molar-refractivity contribution in [2.24, 2.45) is 9.98 Å². The van der Waals surface area contributed by atoms with Crippen LogP contribution in [0.2, 0.25) is 0 Å². The monoisotopic (exact) mass is 292 g/mol. The standard InChI is InChI=1S/C16H16N6/c1-3-22(10-17)16-15-14(11(2)20-21-15)19-13(9-18-16)12-7-5-4-6-8-12/h4-8H,3,9H2,1-2H3,(H,20,21). The molecule has 1 N–H and O–H groups in total. The third-order valence-electron chi connectivity index (χ3n) is 3.56. The van der Waals surface area contributed by atoms with Gasteiger partial charge in [-0.1, -0.05) is 30.3 Å². The van der Waals surface area contributed by atoms with Gasteiger partial charge in [-0.05, 0) is 19.4 Å². The van der Waals surface area contributed by atoms with E-state index in [1.165, 1.54) is 0 Å². The Bertz CT molecular complexity index is 779. The lowest BCUT2D eigenvalue weighted by molar-refractivity contribution is 0.606. The third-order valence-corrected chi connectivity index (χ3v) is 3.56. The van der Waals surface area contributed by atoms with Crippen molar-refractivity contribution in [1.29, 1.82) is 5.26 Å². The molecule has 1 aromatic heterocycles. The molecule has 2 aromatic rings. The molecule has 1 aliphatic heterocycles. The van der Waals surface area contributed by atoms with E-state index in [0.717, 1.165) is 22.7 Å². The van der Waals surface area contributed by atoms with Crippen LogP contribution in [0.5, 0.6) is 0 Å². The van der Waals surface area contributed by atoms with Crippen molar-refractivity contribution in [1.82, 2.24) is 15.1 Å². The van der Waals surface area contributed by atoms with Crippen molar-refractivity contribution in [3.63, 3.8) is 0 Å². The Hall–Kier alpha value is -2.94. The Morgan fingerprint density at radius 2 is 2.09 bits per heavy atom. The number of aromatic nitrogens is 2. The van der Waals surface area contributed by atoms with E-state index < -0.39 is 0 Å². The van der Waals surface area contributed by atoms with Crippen LogP contribution >= 0.6 is 0 Å². The molecule has 0 atom stereocenters. The Labute approximate surface area is 128 Å². The fourth-order valence-corrected chi connectivity index (χ4v) is 2.39. The molecule has 6 heteroatoms. The summed E-state index contributed by atoms with van der Waals surface area (Å²) in [5.74, 6) is 0.593. The molecule has 0 bridgehead atoms. The highest BCUT2D eigenvalue weighted by Gasteiger charge is 2.23. The molecule has 1 aliphatic rings. The van der Waals surface area contributed by atoms with Gasteiger partial charge >= 0.3 is 0 Å². The molecule has 0 radical (unpaired) electrons. The van der Waals surface area contributed by atoms with Crippen LogP contribution in [-0.4, -0.2) is 39.7 Å². The molecule has 0 unspecified atom stereocenters. The van der Waals surface area contributed by atoms with E-state index in [1.807, 2.05) is 44.2 Å². The largest absolute Gasteiger partial charge is 0.272 e. The van der Waals surface area contributed by atoms with Gasteiger partial charge in [0.1, 0.15) is 11.4 Å². The van der Waals surface area contributed by atoms with Crippen LogP contribution in [-0.2, 0) is 0 Å². The Morgan fingerprint density at radius 1 is 1.32 bits per heavy atom. The maximum Gasteiger partial charge on any atom is 0.185 e. The number of nitrogens with zero attached hydrogens (tertiary/aromatic N) is 5. The maximum absolute atomic E-state index is 9.31. The average Bonchev–Trinajstić information content (AvgIpc) is 2.80. The van der Waals surface area contributed by atoms with Gasteiger partial charge in [-0.3, -0.25) is 15.0 Å². The molecule has 0 spiro atoms. The van der Waals surface area contributed by atoms with Crippen molar-refractivity contribution >= 4 is 17.2 Å². The van der Waals surface area contributed by atoms with E-state index in [9.17, 15) is 5.26 Å². The van der Waals surface area contributed by atoms with Crippen LogP contribution in [0.3, 0.4) is 0 Å². The summed E-state index contributed by atoms with van der Waals surface area (Å²) in [6.07, 6.45) is 2.16. The van der Waals surface area contributed by atoms with E-state index in [-0.39, 0.29) is 0 Å². The normalized spacial score (nSPS) is 13.5. The summed E-state index contributed by atoms with van der Waals surface area (Å²) in [4.78, 5) is 10.9. The molecule has 0 saturated carbocycles. The van der Waals surface area contributed by atoms with Gasteiger partial charge in [-0.15, -0.1) is 0 Å². The lowest BCUT2D eigenvalue weighted by Gasteiger charge is -2.14. The summed E-state index contributed by atoms with van der Waals surface area (Å²) in [6, 6.07) is 9.94. The summed E-state index contributed by atoms with van der Waals surface area (Å²) in [6.45, 7) is 4.79. The second-order valence-electron chi connectivity index (χ2n) is 4.94. The number of nitrogens with one attached hydrogen (secondary N) is 1. The first-order valence-electron chi connectivity index (χ1n) is 7.14. The molecule has 3 rings (SSSR count). The van der Waals surface area contributed by atoms with Crippen LogP contribution < -0.4 is 0 Å². The highest BCUT2D eigenvalue weighted by Crippen LogP contribution is 2.26. The molecule has 0 amide bonds. The topological polar surface area (TPSA) is 80.4 Å². The van der Waals surface area contributed by atoms with Gasteiger partial charge in [0.05, 0.1) is 18.0 Å². The number of aryl methyl sites for hydroxylation is 1. The number of benzene rings is 1. The second kappa shape index (κ2) is 5.82. The van der Waals surface area contributed by atoms with Crippen LogP contribution in [0.4, 0.5) is 5.69 Å². The lowest BCUT2D eigenvalue weighted by Crippen LogP contribution is -2.27. The number of rotatable bonds is 2. The van der Waals surface area contributed by atoms with Gasteiger partial charge in [-0.25, -0.2) is 4.99 Å². The molecule has 0 fully saturated rings. The van der Waals surface area contributed by atoms with Crippen molar-refractivity contribution < 1.29 is 0 Å². The molecule has 0 saturated heterocycles. The highest BCUT2D eigenvalue weighted by atomic mass is 15.2. The summed E-state index contributed by atoms with van der Waals surface area (Å²) in [5.41, 5.74) is 4.15. The van der Waals surface area contributed by atoms with Crippen molar-refractivity contribution in [2.75, 3.05) is 13.1 Å². The summed E-state index contributed by atoms with van der Waals surface area (Å²) >= 11 is 0. The molecule has 6 nitrogen and oxygen atoms in total. The summed E-state index contributed by atoms with van der Waals surface area (Å²) in [5, 5.41) is 16.5. The lowest BCUT2D eigenvalue weighted by atomic mass is 10.1. The number of hydrogen-bond donors (Lipinski definition) is 1. The molecular weight excluding hydrogens is 276 g/mol. The molecule has 0 aliphatic carbocycles. The van der Waals surface area contributed by atoms with Gasteiger partial charge < -0.3 is 0 Å². The molecule has 110 valence electrons. The van der Waals surface area contributed by atoms with Crippen LogP contribution in [0.25, 0.3) is 0 Å². The number of aromatic amines is 1. The summed E-state index contributed by atoms with van der Waals surface area (Å²) < 4.78 is 0. The highest BCUT2D eigenvalue weighted by molar-refractivity contribution is 6.10. The number of nitriles is 1. The minimum atomic E-state index is 0.430. The molecule has 1 aromatic carbocycles. The van der Waals surface area contributed by atoms with Crippen LogP contribution in [0.1, 0.15) is 23.9 Å². The first-order valence-corrected chi connectivity index (χ1v) is 7.14. The molecule has 22 heavy (non-hydrogen) atoms. The van der Waals surface area contributed by atoms with Crippen LogP contribution in [0.15, 0.2) is 40.3 Å². The van der Waals surface area contributed by atoms with Crippen molar-refractivity contribution in [2.45, 2.75) is 13.8 Å². The predicted molar refractivity (Wildman–Crippen MR) is 85.4 cm³/mol. The van der Waals surface area contributed by atoms with E-state index in [0.29, 0.717) is 24.6 Å². The summed E-state index contributed by atoms with van der Waals surface area (Å²) in [7, 11) is 0.